The highest BCUT2D eigenvalue weighted by Crippen LogP contribution is 2.38. The van der Waals surface area contributed by atoms with Crippen molar-refractivity contribution >= 4 is 17.7 Å². The Morgan fingerprint density at radius 1 is 1.47 bits per heavy atom. The Bertz CT molecular complexity index is 613. The van der Waals surface area contributed by atoms with Crippen LogP contribution in [-0.2, 0) is 17.8 Å². The maximum Gasteiger partial charge on any atom is 0.325 e. The average molecular weight is 276 g/mol. The fourth-order valence-electron chi connectivity index (χ4n) is 2.21. The first-order valence-corrected chi connectivity index (χ1v) is 6.91. The summed E-state index contributed by atoms with van der Waals surface area (Å²) in [6, 6.07) is 8.38. The predicted molar refractivity (Wildman–Crippen MR) is 69.1 cm³/mol. The molecule has 1 aliphatic carbocycles. The molecule has 98 valence electrons. The molecule has 1 unspecified atom stereocenters. The lowest BCUT2D eigenvalue weighted by atomic mass is 9.79. The van der Waals surface area contributed by atoms with Crippen molar-refractivity contribution in [1.82, 2.24) is 20.2 Å². The van der Waals surface area contributed by atoms with E-state index in [2.05, 4.69) is 33.7 Å². The number of aromatic nitrogens is 4. The number of hydrogen-bond donors (Lipinski definition) is 1. The van der Waals surface area contributed by atoms with Gasteiger partial charge in [-0.2, -0.15) is 0 Å². The molecule has 0 bridgehead atoms. The van der Waals surface area contributed by atoms with E-state index in [9.17, 15) is 4.79 Å². The largest absolute Gasteiger partial charge is 0.480 e. The van der Waals surface area contributed by atoms with Crippen molar-refractivity contribution in [3.05, 3.63) is 35.4 Å². The Morgan fingerprint density at radius 2 is 2.32 bits per heavy atom. The van der Waals surface area contributed by atoms with E-state index in [4.69, 9.17) is 5.11 Å². The third-order valence-corrected chi connectivity index (χ3v) is 4.28. The first-order chi connectivity index (χ1) is 9.24. The first-order valence-electron chi connectivity index (χ1n) is 5.92. The van der Waals surface area contributed by atoms with Gasteiger partial charge in [0, 0.05) is 5.75 Å². The lowest BCUT2D eigenvalue weighted by Gasteiger charge is -2.29. The fourth-order valence-corrected chi connectivity index (χ4v) is 3.21. The molecule has 1 N–H and O–H groups in total. The smallest absolute Gasteiger partial charge is 0.325 e. The second-order valence-corrected chi connectivity index (χ2v) is 5.41. The Labute approximate surface area is 113 Å². The SMILES string of the molecule is O=C(O)Cn1nnnc1SCC1Cc2ccccc21. The van der Waals surface area contributed by atoms with E-state index in [1.807, 2.05) is 6.07 Å². The summed E-state index contributed by atoms with van der Waals surface area (Å²) < 4.78 is 1.32. The molecule has 1 aromatic heterocycles. The van der Waals surface area contributed by atoms with Gasteiger partial charge in [0.1, 0.15) is 6.54 Å². The Hall–Kier alpha value is -1.89. The van der Waals surface area contributed by atoms with Crippen molar-refractivity contribution < 1.29 is 9.90 Å². The van der Waals surface area contributed by atoms with E-state index in [1.54, 1.807) is 0 Å². The highest BCUT2D eigenvalue weighted by molar-refractivity contribution is 7.99. The average Bonchev–Trinajstić information content (AvgIpc) is 2.77. The van der Waals surface area contributed by atoms with Crippen LogP contribution in [0.3, 0.4) is 0 Å². The zero-order valence-corrected chi connectivity index (χ0v) is 10.9. The minimum Gasteiger partial charge on any atom is -0.480 e. The second kappa shape index (κ2) is 5.00. The molecule has 0 saturated carbocycles. The van der Waals surface area contributed by atoms with E-state index in [0.717, 1.165) is 12.2 Å². The number of carboxylic acids is 1. The van der Waals surface area contributed by atoms with E-state index < -0.39 is 5.97 Å². The molecule has 1 heterocycles. The number of fused-ring (bicyclic) bond motifs is 1. The number of aliphatic carboxylic acids is 1. The van der Waals surface area contributed by atoms with Gasteiger partial charge in [-0.05, 0) is 33.9 Å². The van der Waals surface area contributed by atoms with Gasteiger partial charge in [0.15, 0.2) is 0 Å². The Balaban J connectivity index is 1.62. The molecule has 6 nitrogen and oxygen atoms in total. The zero-order chi connectivity index (χ0) is 13.2. The lowest BCUT2D eigenvalue weighted by molar-refractivity contribution is -0.138. The Morgan fingerprint density at radius 3 is 3.11 bits per heavy atom. The first kappa shape index (κ1) is 12.2. The fraction of sp³-hybridized carbons (Fsp3) is 0.333. The minimum absolute atomic E-state index is 0.198. The van der Waals surface area contributed by atoms with E-state index >= 15 is 0 Å². The van der Waals surface area contributed by atoms with Crippen LogP contribution in [0.1, 0.15) is 17.0 Å². The summed E-state index contributed by atoms with van der Waals surface area (Å²) in [6.07, 6.45) is 1.07. The van der Waals surface area contributed by atoms with Crippen molar-refractivity contribution in [2.45, 2.75) is 24.0 Å². The molecule has 1 atom stereocenters. The number of carbonyl (C=O) groups is 1. The van der Waals surface area contributed by atoms with Gasteiger partial charge in [0.25, 0.3) is 0 Å². The van der Waals surface area contributed by atoms with Crippen LogP contribution in [0.2, 0.25) is 0 Å². The van der Waals surface area contributed by atoms with Gasteiger partial charge < -0.3 is 5.11 Å². The van der Waals surface area contributed by atoms with Crippen LogP contribution in [0.5, 0.6) is 0 Å². The second-order valence-electron chi connectivity index (χ2n) is 4.42. The number of benzene rings is 1. The molecule has 0 amide bonds. The van der Waals surface area contributed by atoms with Crippen LogP contribution >= 0.6 is 11.8 Å². The number of hydrogen-bond acceptors (Lipinski definition) is 5. The number of tetrazole rings is 1. The molecule has 7 heteroatoms. The van der Waals surface area contributed by atoms with Crippen LogP contribution in [-0.4, -0.2) is 37.0 Å². The maximum atomic E-state index is 10.7. The van der Waals surface area contributed by atoms with Gasteiger partial charge >= 0.3 is 5.97 Å². The van der Waals surface area contributed by atoms with Crippen LogP contribution < -0.4 is 0 Å². The number of carboxylic acid groups (broad SMARTS) is 1. The minimum atomic E-state index is -0.942. The molecule has 0 spiro atoms. The molecule has 0 aliphatic heterocycles. The quantitative estimate of drug-likeness (QED) is 0.826. The van der Waals surface area contributed by atoms with Gasteiger partial charge in [-0.1, -0.05) is 36.0 Å². The van der Waals surface area contributed by atoms with E-state index in [1.165, 1.54) is 27.6 Å². The summed E-state index contributed by atoms with van der Waals surface area (Å²) in [4.78, 5) is 10.7. The zero-order valence-electron chi connectivity index (χ0n) is 10.1. The molecule has 0 radical (unpaired) electrons. The number of nitrogens with zero attached hydrogens (tertiary/aromatic N) is 4. The third-order valence-electron chi connectivity index (χ3n) is 3.16. The molecule has 3 rings (SSSR count). The van der Waals surface area contributed by atoms with Crippen molar-refractivity contribution in [2.75, 3.05) is 5.75 Å². The summed E-state index contributed by atoms with van der Waals surface area (Å²) in [7, 11) is 0. The van der Waals surface area contributed by atoms with Gasteiger partial charge in [-0.25, -0.2) is 4.68 Å². The molecular formula is C12H12N4O2S. The molecule has 1 aromatic carbocycles. The van der Waals surface area contributed by atoms with Gasteiger partial charge in [-0.3, -0.25) is 4.79 Å². The van der Waals surface area contributed by atoms with Crippen molar-refractivity contribution in [3.63, 3.8) is 0 Å². The van der Waals surface area contributed by atoms with Gasteiger partial charge in [0.2, 0.25) is 5.16 Å². The van der Waals surface area contributed by atoms with Crippen molar-refractivity contribution in [3.8, 4) is 0 Å². The highest BCUT2D eigenvalue weighted by Gasteiger charge is 2.26. The van der Waals surface area contributed by atoms with Crippen LogP contribution in [0.25, 0.3) is 0 Å². The summed E-state index contributed by atoms with van der Waals surface area (Å²) >= 11 is 1.51. The normalized spacial score (nSPS) is 16.7. The summed E-state index contributed by atoms with van der Waals surface area (Å²) in [5.74, 6) is 0.441. The van der Waals surface area contributed by atoms with Gasteiger partial charge in [-0.15, -0.1) is 5.10 Å². The van der Waals surface area contributed by atoms with Crippen molar-refractivity contribution in [2.24, 2.45) is 0 Å². The Kier molecular flexibility index (Phi) is 3.20. The molecule has 2 aromatic rings. The molecule has 19 heavy (non-hydrogen) atoms. The predicted octanol–water partition coefficient (Wildman–Crippen LogP) is 1.19. The highest BCUT2D eigenvalue weighted by atomic mass is 32.2. The third kappa shape index (κ3) is 2.46. The topological polar surface area (TPSA) is 80.9 Å². The van der Waals surface area contributed by atoms with E-state index in [-0.39, 0.29) is 6.54 Å². The molecule has 1 aliphatic rings. The molecule has 0 fully saturated rings. The lowest BCUT2D eigenvalue weighted by Crippen LogP contribution is -2.19. The monoisotopic (exact) mass is 276 g/mol. The summed E-state index contributed by atoms with van der Waals surface area (Å²) in [5, 5.41) is 20.4. The number of thioether (sulfide) groups is 1. The van der Waals surface area contributed by atoms with Crippen LogP contribution in [0.15, 0.2) is 29.4 Å². The summed E-state index contributed by atoms with van der Waals surface area (Å²) in [5.41, 5.74) is 2.78. The standard InChI is InChI=1S/C12H12N4O2S/c17-11(18)6-16-12(13-14-15-16)19-7-9-5-8-3-1-2-4-10(8)9/h1-4,9H,5-7H2,(H,17,18). The molecular weight excluding hydrogens is 264 g/mol. The maximum absolute atomic E-state index is 10.7. The van der Waals surface area contributed by atoms with Crippen LogP contribution in [0, 0.1) is 0 Å². The summed E-state index contributed by atoms with van der Waals surface area (Å²) in [6.45, 7) is -0.198. The van der Waals surface area contributed by atoms with E-state index in [0.29, 0.717) is 11.1 Å². The van der Waals surface area contributed by atoms with Gasteiger partial charge in [0.05, 0.1) is 0 Å². The van der Waals surface area contributed by atoms with Crippen LogP contribution in [0.4, 0.5) is 0 Å². The molecule has 0 saturated heterocycles. The number of rotatable bonds is 5. The van der Waals surface area contributed by atoms with Crippen molar-refractivity contribution in [1.29, 1.82) is 0 Å².